The van der Waals surface area contributed by atoms with Gasteiger partial charge >= 0.3 is 0 Å². The average Bonchev–Trinajstić information content (AvgIpc) is 2.17. The average molecular weight is 192 g/mol. The summed E-state index contributed by atoms with van der Waals surface area (Å²) in [4.78, 5) is 1.33. The van der Waals surface area contributed by atoms with Crippen LogP contribution in [0, 0.1) is 0 Å². The van der Waals surface area contributed by atoms with E-state index in [0.29, 0.717) is 0 Å². The Hall–Kier alpha value is -0.690. The van der Waals surface area contributed by atoms with Gasteiger partial charge in [0.15, 0.2) is 0 Å². The zero-order chi connectivity index (χ0) is 9.52. The molecule has 0 bridgehead atoms. The minimum atomic E-state index is 0.993. The van der Waals surface area contributed by atoms with E-state index in [1.54, 1.807) is 0 Å². The van der Waals surface area contributed by atoms with Gasteiger partial charge in [-0.1, -0.05) is 31.6 Å². The first kappa shape index (κ1) is 10.4. The summed E-state index contributed by atoms with van der Waals surface area (Å²) < 4.78 is 0. The van der Waals surface area contributed by atoms with Gasteiger partial charge < -0.3 is 0 Å². The molecule has 0 saturated carbocycles. The van der Waals surface area contributed by atoms with Crippen LogP contribution in [0.4, 0.5) is 0 Å². The highest BCUT2D eigenvalue weighted by molar-refractivity contribution is 7.99. The van der Waals surface area contributed by atoms with E-state index >= 15 is 0 Å². The quantitative estimate of drug-likeness (QED) is 0.503. The molecule has 0 aliphatic heterocycles. The summed E-state index contributed by atoms with van der Waals surface area (Å²) in [5.41, 5.74) is 1.44. The SMILES string of the molecule is C=CCSc1ccc(CCC)cc1. The number of aryl methyl sites for hydroxylation is 1. The van der Waals surface area contributed by atoms with Crippen LogP contribution in [0.15, 0.2) is 41.8 Å². The van der Waals surface area contributed by atoms with Crippen molar-refractivity contribution >= 4 is 11.8 Å². The Morgan fingerprint density at radius 2 is 2.00 bits per heavy atom. The van der Waals surface area contributed by atoms with Crippen LogP contribution in [-0.2, 0) is 6.42 Å². The van der Waals surface area contributed by atoms with Gasteiger partial charge in [0.25, 0.3) is 0 Å². The smallest absolute Gasteiger partial charge is 0.0158 e. The van der Waals surface area contributed by atoms with E-state index in [-0.39, 0.29) is 0 Å². The van der Waals surface area contributed by atoms with Gasteiger partial charge in [-0.05, 0) is 24.1 Å². The molecule has 0 aliphatic rings. The van der Waals surface area contributed by atoms with Crippen molar-refractivity contribution in [2.75, 3.05) is 5.75 Å². The van der Waals surface area contributed by atoms with Crippen molar-refractivity contribution in [3.8, 4) is 0 Å². The third kappa shape index (κ3) is 3.69. The Kier molecular flexibility index (Phi) is 4.69. The standard InChI is InChI=1S/C12H16S/c1-3-5-11-6-8-12(9-7-11)13-10-4-2/h4,6-9H,2-3,5,10H2,1H3. The van der Waals surface area contributed by atoms with Crippen LogP contribution in [0.5, 0.6) is 0 Å². The second kappa shape index (κ2) is 5.87. The Bertz CT molecular complexity index is 248. The molecule has 1 aromatic rings. The first-order valence-corrected chi connectivity index (χ1v) is 5.68. The highest BCUT2D eigenvalue weighted by atomic mass is 32.2. The fourth-order valence-electron chi connectivity index (χ4n) is 1.20. The van der Waals surface area contributed by atoms with Gasteiger partial charge in [0.2, 0.25) is 0 Å². The van der Waals surface area contributed by atoms with Crippen molar-refractivity contribution in [1.29, 1.82) is 0 Å². The Morgan fingerprint density at radius 3 is 2.54 bits per heavy atom. The minimum absolute atomic E-state index is 0.993. The van der Waals surface area contributed by atoms with E-state index in [1.807, 2.05) is 17.8 Å². The van der Waals surface area contributed by atoms with Crippen molar-refractivity contribution in [3.63, 3.8) is 0 Å². The Morgan fingerprint density at radius 1 is 1.31 bits per heavy atom. The number of thioether (sulfide) groups is 1. The maximum Gasteiger partial charge on any atom is 0.0158 e. The van der Waals surface area contributed by atoms with Crippen molar-refractivity contribution in [2.24, 2.45) is 0 Å². The molecule has 0 amide bonds. The predicted octanol–water partition coefficient (Wildman–Crippen LogP) is 3.92. The van der Waals surface area contributed by atoms with Gasteiger partial charge in [-0.15, -0.1) is 18.3 Å². The fourth-order valence-corrected chi connectivity index (χ4v) is 1.84. The van der Waals surface area contributed by atoms with Gasteiger partial charge in [0, 0.05) is 10.6 Å². The van der Waals surface area contributed by atoms with Crippen LogP contribution in [0.2, 0.25) is 0 Å². The topological polar surface area (TPSA) is 0 Å². The van der Waals surface area contributed by atoms with Crippen molar-refractivity contribution < 1.29 is 0 Å². The predicted molar refractivity (Wildman–Crippen MR) is 61.4 cm³/mol. The lowest BCUT2D eigenvalue weighted by atomic mass is 10.1. The molecule has 0 unspecified atom stereocenters. The number of hydrogen-bond donors (Lipinski definition) is 0. The lowest BCUT2D eigenvalue weighted by Crippen LogP contribution is -1.82. The molecule has 70 valence electrons. The van der Waals surface area contributed by atoms with E-state index in [4.69, 9.17) is 0 Å². The molecule has 0 nitrogen and oxygen atoms in total. The van der Waals surface area contributed by atoms with E-state index in [0.717, 1.165) is 5.75 Å². The third-order valence-corrected chi connectivity index (χ3v) is 2.84. The number of rotatable bonds is 5. The molecule has 0 atom stereocenters. The van der Waals surface area contributed by atoms with Gasteiger partial charge in [-0.25, -0.2) is 0 Å². The van der Waals surface area contributed by atoms with Gasteiger partial charge in [0.1, 0.15) is 0 Å². The maximum atomic E-state index is 3.70. The summed E-state index contributed by atoms with van der Waals surface area (Å²) in [5, 5.41) is 0. The fraction of sp³-hybridized carbons (Fsp3) is 0.333. The summed E-state index contributed by atoms with van der Waals surface area (Å²) in [5.74, 6) is 0.993. The summed E-state index contributed by atoms with van der Waals surface area (Å²) >= 11 is 1.83. The van der Waals surface area contributed by atoms with Gasteiger partial charge in [0.05, 0.1) is 0 Å². The lowest BCUT2D eigenvalue weighted by molar-refractivity contribution is 0.920. The van der Waals surface area contributed by atoms with Crippen LogP contribution in [-0.4, -0.2) is 5.75 Å². The first-order chi connectivity index (χ1) is 6.36. The molecule has 0 N–H and O–H groups in total. The molecule has 1 heteroatoms. The zero-order valence-corrected chi connectivity index (χ0v) is 8.94. The second-order valence-electron chi connectivity index (χ2n) is 2.99. The summed E-state index contributed by atoms with van der Waals surface area (Å²) in [6.07, 6.45) is 4.34. The lowest BCUT2D eigenvalue weighted by Gasteiger charge is -2.01. The van der Waals surface area contributed by atoms with Gasteiger partial charge in [-0.2, -0.15) is 0 Å². The van der Waals surface area contributed by atoms with Gasteiger partial charge in [-0.3, -0.25) is 0 Å². The highest BCUT2D eigenvalue weighted by Crippen LogP contribution is 2.18. The van der Waals surface area contributed by atoms with E-state index in [9.17, 15) is 0 Å². The van der Waals surface area contributed by atoms with Crippen LogP contribution >= 0.6 is 11.8 Å². The molecule has 0 radical (unpaired) electrons. The number of hydrogen-bond acceptors (Lipinski definition) is 1. The molecule has 0 heterocycles. The monoisotopic (exact) mass is 192 g/mol. The van der Waals surface area contributed by atoms with E-state index in [2.05, 4.69) is 37.8 Å². The normalized spacial score (nSPS) is 9.92. The van der Waals surface area contributed by atoms with Crippen molar-refractivity contribution in [2.45, 2.75) is 24.7 Å². The Labute approximate surface area is 85.1 Å². The van der Waals surface area contributed by atoms with E-state index in [1.165, 1.54) is 23.3 Å². The Balaban J connectivity index is 2.53. The molecule has 1 rings (SSSR count). The molecular formula is C12H16S. The van der Waals surface area contributed by atoms with Crippen molar-refractivity contribution in [3.05, 3.63) is 42.5 Å². The van der Waals surface area contributed by atoms with E-state index < -0.39 is 0 Å². The van der Waals surface area contributed by atoms with Crippen LogP contribution in [0.3, 0.4) is 0 Å². The van der Waals surface area contributed by atoms with Crippen LogP contribution < -0.4 is 0 Å². The summed E-state index contributed by atoms with van der Waals surface area (Å²) in [6, 6.07) is 8.82. The molecule has 0 aliphatic carbocycles. The molecular weight excluding hydrogens is 176 g/mol. The van der Waals surface area contributed by atoms with Crippen molar-refractivity contribution in [1.82, 2.24) is 0 Å². The largest absolute Gasteiger partial charge is 0.122 e. The molecule has 1 aromatic carbocycles. The molecule has 0 aromatic heterocycles. The molecule has 0 saturated heterocycles. The maximum absolute atomic E-state index is 3.70. The highest BCUT2D eigenvalue weighted by Gasteiger charge is 1.93. The first-order valence-electron chi connectivity index (χ1n) is 4.69. The second-order valence-corrected chi connectivity index (χ2v) is 4.09. The number of benzene rings is 1. The third-order valence-electron chi connectivity index (χ3n) is 1.83. The molecule has 0 fully saturated rings. The molecule has 13 heavy (non-hydrogen) atoms. The summed E-state index contributed by atoms with van der Waals surface area (Å²) in [6.45, 7) is 5.91. The summed E-state index contributed by atoms with van der Waals surface area (Å²) in [7, 11) is 0. The minimum Gasteiger partial charge on any atom is -0.122 e. The van der Waals surface area contributed by atoms with Crippen LogP contribution in [0.25, 0.3) is 0 Å². The zero-order valence-electron chi connectivity index (χ0n) is 8.12. The molecule has 0 spiro atoms. The van der Waals surface area contributed by atoms with Crippen LogP contribution in [0.1, 0.15) is 18.9 Å².